The molecule has 0 radical (unpaired) electrons. The van der Waals surface area contributed by atoms with E-state index in [0.29, 0.717) is 4.88 Å². The maximum absolute atomic E-state index is 13.2. The molecule has 8 heteroatoms. The van der Waals surface area contributed by atoms with Crippen LogP contribution in [0.5, 0.6) is 0 Å². The third kappa shape index (κ3) is 2.82. The Balaban J connectivity index is 2.41. The van der Waals surface area contributed by atoms with Crippen molar-refractivity contribution in [2.75, 3.05) is 11.4 Å². The molecule has 0 aliphatic carbocycles. The summed E-state index contributed by atoms with van der Waals surface area (Å²) in [6, 6.07) is 8.36. The van der Waals surface area contributed by atoms with E-state index in [1.54, 1.807) is 6.07 Å². The minimum atomic E-state index is -3.75. The number of sulfonamides is 1. The molecule has 0 atom stereocenters. The lowest BCUT2D eigenvalue weighted by atomic mass is 10.3. The van der Waals surface area contributed by atoms with E-state index in [1.807, 2.05) is 0 Å². The maximum Gasteiger partial charge on any atom is 0.273 e. The molecule has 0 aliphatic rings. The van der Waals surface area contributed by atoms with Gasteiger partial charge in [0.05, 0.1) is 10.6 Å². The molecule has 0 saturated heterocycles. The first kappa shape index (κ1) is 14.9. The molecule has 2 aromatic rings. The van der Waals surface area contributed by atoms with Crippen LogP contribution in [0.3, 0.4) is 0 Å². The predicted octanol–water partition coefficient (Wildman–Crippen LogP) is 2.35. The zero-order valence-corrected chi connectivity index (χ0v) is 12.9. The van der Waals surface area contributed by atoms with Gasteiger partial charge < -0.3 is 5.73 Å². The van der Waals surface area contributed by atoms with Crippen LogP contribution in [0.4, 0.5) is 10.1 Å². The number of nitrogens with two attached hydrogens (primary N) is 1. The van der Waals surface area contributed by atoms with Crippen LogP contribution in [0.2, 0.25) is 0 Å². The molecule has 0 aliphatic heterocycles. The van der Waals surface area contributed by atoms with Crippen LogP contribution < -0.4 is 10.0 Å². The molecule has 1 aromatic carbocycles. The van der Waals surface area contributed by atoms with Crippen molar-refractivity contribution in [3.8, 4) is 0 Å². The number of thiophene rings is 1. The third-order valence-corrected chi connectivity index (χ3v) is 6.33. The van der Waals surface area contributed by atoms with Crippen molar-refractivity contribution in [3.05, 3.63) is 47.1 Å². The van der Waals surface area contributed by atoms with Gasteiger partial charge in [-0.3, -0.25) is 4.31 Å². The number of anilines is 1. The highest BCUT2D eigenvalue weighted by atomic mass is 32.2. The summed E-state index contributed by atoms with van der Waals surface area (Å²) in [6.45, 7) is 0. The Hall–Kier alpha value is -1.51. The first-order valence-electron chi connectivity index (χ1n) is 5.46. The fourth-order valence-corrected chi connectivity index (χ4v) is 4.25. The fourth-order valence-electron chi connectivity index (χ4n) is 1.54. The minimum absolute atomic E-state index is 0.104. The molecular formula is C12H11FN2O2S3. The van der Waals surface area contributed by atoms with E-state index in [-0.39, 0.29) is 14.9 Å². The van der Waals surface area contributed by atoms with Gasteiger partial charge in [0.25, 0.3) is 10.0 Å². The van der Waals surface area contributed by atoms with Gasteiger partial charge in [0.15, 0.2) is 0 Å². The molecular weight excluding hydrogens is 319 g/mol. The van der Waals surface area contributed by atoms with Crippen molar-refractivity contribution in [2.24, 2.45) is 5.73 Å². The summed E-state index contributed by atoms with van der Waals surface area (Å²) < 4.78 is 39.1. The quantitative estimate of drug-likeness (QED) is 0.874. The predicted molar refractivity (Wildman–Crippen MR) is 82.2 cm³/mol. The van der Waals surface area contributed by atoms with Gasteiger partial charge in [0.1, 0.15) is 15.0 Å². The van der Waals surface area contributed by atoms with Crippen molar-refractivity contribution in [1.82, 2.24) is 0 Å². The third-order valence-electron chi connectivity index (χ3n) is 2.61. The average molecular weight is 330 g/mol. The van der Waals surface area contributed by atoms with E-state index in [4.69, 9.17) is 18.0 Å². The summed E-state index contributed by atoms with van der Waals surface area (Å²) in [5.74, 6) is -0.500. The summed E-state index contributed by atoms with van der Waals surface area (Å²) in [5.41, 5.74) is 5.71. The fraction of sp³-hybridized carbons (Fsp3) is 0.0833. The minimum Gasteiger partial charge on any atom is -0.389 e. The lowest BCUT2D eigenvalue weighted by molar-refractivity contribution is 0.596. The van der Waals surface area contributed by atoms with Crippen LogP contribution in [-0.2, 0) is 10.0 Å². The lowest BCUT2D eigenvalue weighted by Crippen LogP contribution is -2.25. The molecule has 4 nitrogen and oxygen atoms in total. The molecule has 0 amide bonds. The van der Waals surface area contributed by atoms with Gasteiger partial charge >= 0.3 is 0 Å². The number of hydrogen-bond donors (Lipinski definition) is 1. The zero-order valence-electron chi connectivity index (χ0n) is 10.4. The van der Waals surface area contributed by atoms with Gasteiger partial charge in [-0.15, -0.1) is 11.3 Å². The molecule has 0 fully saturated rings. The van der Waals surface area contributed by atoms with Crippen molar-refractivity contribution < 1.29 is 12.8 Å². The smallest absolute Gasteiger partial charge is 0.273 e. The van der Waals surface area contributed by atoms with Crippen LogP contribution >= 0.6 is 23.6 Å². The van der Waals surface area contributed by atoms with Gasteiger partial charge in [-0.2, -0.15) is 0 Å². The van der Waals surface area contributed by atoms with Gasteiger partial charge in [0.2, 0.25) is 0 Å². The van der Waals surface area contributed by atoms with Gasteiger partial charge in [-0.25, -0.2) is 12.8 Å². The monoisotopic (exact) mass is 330 g/mol. The Kier molecular flexibility index (Phi) is 4.07. The Labute approximate surface area is 125 Å². The Bertz CT molecular complexity index is 756. The van der Waals surface area contributed by atoms with Crippen LogP contribution in [0.1, 0.15) is 4.88 Å². The Morgan fingerprint density at radius 3 is 2.60 bits per heavy atom. The van der Waals surface area contributed by atoms with E-state index in [1.165, 1.54) is 31.3 Å². The summed E-state index contributed by atoms with van der Waals surface area (Å²) in [4.78, 5) is 0.663. The number of hydrogen-bond acceptors (Lipinski definition) is 4. The van der Waals surface area contributed by atoms with Gasteiger partial charge in [0, 0.05) is 7.05 Å². The van der Waals surface area contributed by atoms with E-state index in [9.17, 15) is 12.8 Å². The first-order valence-corrected chi connectivity index (χ1v) is 8.13. The van der Waals surface area contributed by atoms with Crippen LogP contribution in [-0.4, -0.2) is 20.5 Å². The van der Waals surface area contributed by atoms with E-state index in [0.717, 1.165) is 21.7 Å². The van der Waals surface area contributed by atoms with Crippen LogP contribution in [0, 0.1) is 5.82 Å². The molecule has 2 rings (SSSR count). The number of benzene rings is 1. The van der Waals surface area contributed by atoms with Crippen LogP contribution in [0.15, 0.2) is 40.6 Å². The normalized spacial score (nSPS) is 11.3. The molecule has 0 spiro atoms. The molecule has 0 bridgehead atoms. The summed E-state index contributed by atoms with van der Waals surface area (Å²) in [5, 5.41) is 0. The van der Waals surface area contributed by atoms with Gasteiger partial charge in [-0.1, -0.05) is 18.3 Å². The molecule has 106 valence electrons. The highest BCUT2D eigenvalue weighted by Gasteiger charge is 2.23. The van der Waals surface area contributed by atoms with E-state index in [2.05, 4.69) is 0 Å². The van der Waals surface area contributed by atoms with Crippen molar-refractivity contribution in [3.63, 3.8) is 0 Å². The van der Waals surface area contributed by atoms with Crippen molar-refractivity contribution >= 4 is 44.3 Å². The van der Waals surface area contributed by atoms with E-state index < -0.39 is 15.8 Å². The largest absolute Gasteiger partial charge is 0.389 e. The number of thiocarbonyl (C=S) groups is 1. The second kappa shape index (κ2) is 5.47. The number of nitrogens with zero attached hydrogens (tertiary/aromatic N) is 1. The second-order valence-electron chi connectivity index (χ2n) is 3.94. The maximum atomic E-state index is 13.2. The SMILES string of the molecule is CN(c1cccc(F)c1)S(=O)(=O)c1ccc(C(N)=S)s1. The number of halogens is 1. The molecule has 20 heavy (non-hydrogen) atoms. The van der Waals surface area contributed by atoms with Gasteiger partial charge in [-0.05, 0) is 30.3 Å². The van der Waals surface area contributed by atoms with Crippen LogP contribution in [0.25, 0.3) is 0 Å². The Morgan fingerprint density at radius 1 is 1.35 bits per heavy atom. The number of rotatable bonds is 4. The topological polar surface area (TPSA) is 63.4 Å². The Morgan fingerprint density at radius 2 is 2.05 bits per heavy atom. The highest BCUT2D eigenvalue weighted by molar-refractivity contribution is 7.94. The second-order valence-corrected chi connectivity index (χ2v) is 7.66. The summed E-state index contributed by atoms with van der Waals surface area (Å²) in [6.07, 6.45) is 0. The standard InChI is InChI=1S/C12H11FN2O2S3/c1-15(9-4-2-3-8(13)7-9)20(16,17)11-6-5-10(19-11)12(14)18/h2-7H,1H3,(H2,14,18). The van der Waals surface area contributed by atoms with E-state index >= 15 is 0 Å². The first-order chi connectivity index (χ1) is 9.32. The van der Waals surface area contributed by atoms with Crippen molar-refractivity contribution in [2.45, 2.75) is 4.21 Å². The molecule has 0 unspecified atom stereocenters. The summed E-state index contributed by atoms with van der Waals surface area (Å²) in [7, 11) is -2.39. The lowest BCUT2D eigenvalue weighted by Gasteiger charge is -2.18. The zero-order chi connectivity index (χ0) is 14.9. The molecule has 1 heterocycles. The van der Waals surface area contributed by atoms with Crippen molar-refractivity contribution in [1.29, 1.82) is 0 Å². The highest BCUT2D eigenvalue weighted by Crippen LogP contribution is 2.27. The average Bonchev–Trinajstić information content (AvgIpc) is 2.88. The molecule has 0 saturated carbocycles. The summed E-state index contributed by atoms with van der Waals surface area (Å²) >= 11 is 5.79. The molecule has 1 aromatic heterocycles. The molecule has 2 N–H and O–H groups in total.